The van der Waals surface area contributed by atoms with Crippen LogP contribution in [0.15, 0.2) is 59.0 Å². The summed E-state index contributed by atoms with van der Waals surface area (Å²) in [6.07, 6.45) is 3.47. The summed E-state index contributed by atoms with van der Waals surface area (Å²) < 4.78 is 12.9. The molecular formula is C25H24ClN3O4S. The fourth-order valence-corrected chi connectivity index (χ4v) is 5.52. The van der Waals surface area contributed by atoms with E-state index in [-0.39, 0.29) is 23.3 Å². The van der Waals surface area contributed by atoms with Crippen molar-refractivity contribution in [1.82, 2.24) is 14.5 Å². The Kier molecular flexibility index (Phi) is 6.52. The first-order chi connectivity index (χ1) is 16.5. The molecule has 0 aliphatic carbocycles. The molecule has 1 aromatic heterocycles. The van der Waals surface area contributed by atoms with Crippen LogP contribution in [-0.4, -0.2) is 45.9 Å². The predicted octanol–water partition coefficient (Wildman–Crippen LogP) is 4.46. The van der Waals surface area contributed by atoms with Crippen molar-refractivity contribution in [2.24, 2.45) is 0 Å². The smallest absolute Gasteiger partial charge is 0.262 e. The van der Waals surface area contributed by atoms with Crippen molar-refractivity contribution in [3.05, 3.63) is 70.0 Å². The van der Waals surface area contributed by atoms with Gasteiger partial charge in [0.05, 0.1) is 22.7 Å². The molecule has 3 aromatic rings. The molecule has 176 valence electrons. The van der Waals surface area contributed by atoms with E-state index in [0.717, 1.165) is 29.9 Å². The molecule has 2 aliphatic rings. The van der Waals surface area contributed by atoms with E-state index in [1.165, 1.54) is 11.8 Å². The van der Waals surface area contributed by atoms with Crippen molar-refractivity contribution in [2.75, 3.05) is 25.5 Å². The first kappa shape index (κ1) is 22.8. The molecule has 2 aliphatic heterocycles. The van der Waals surface area contributed by atoms with E-state index < -0.39 is 0 Å². The molecule has 34 heavy (non-hydrogen) atoms. The maximum atomic E-state index is 13.3. The number of ether oxygens (including phenoxy) is 2. The van der Waals surface area contributed by atoms with Gasteiger partial charge in [0.1, 0.15) is 13.2 Å². The van der Waals surface area contributed by atoms with Crippen molar-refractivity contribution < 1.29 is 14.3 Å². The maximum Gasteiger partial charge on any atom is 0.262 e. The van der Waals surface area contributed by atoms with Crippen LogP contribution >= 0.6 is 23.4 Å². The number of halogens is 1. The monoisotopic (exact) mass is 497 g/mol. The average molecular weight is 498 g/mol. The van der Waals surface area contributed by atoms with Crippen LogP contribution in [0.25, 0.3) is 10.9 Å². The summed E-state index contributed by atoms with van der Waals surface area (Å²) in [6, 6.07) is 10.9. The van der Waals surface area contributed by atoms with Crippen molar-refractivity contribution >= 4 is 40.2 Å². The number of hydrogen-bond donors (Lipinski definition) is 0. The Morgan fingerprint density at radius 3 is 2.85 bits per heavy atom. The molecule has 1 amide bonds. The number of nitrogens with zero attached hydrogens (tertiary/aromatic N) is 3. The Morgan fingerprint density at radius 1 is 1.21 bits per heavy atom. The Labute approximate surface area is 206 Å². The molecule has 7 nitrogen and oxygen atoms in total. The topological polar surface area (TPSA) is 73.7 Å². The van der Waals surface area contributed by atoms with Gasteiger partial charge in [0.2, 0.25) is 5.91 Å². The highest BCUT2D eigenvalue weighted by molar-refractivity contribution is 7.99. The maximum absolute atomic E-state index is 13.3. The lowest BCUT2D eigenvalue weighted by atomic mass is 10.0. The predicted molar refractivity (Wildman–Crippen MR) is 133 cm³/mol. The molecule has 0 saturated carbocycles. The quantitative estimate of drug-likeness (QED) is 0.284. The summed E-state index contributed by atoms with van der Waals surface area (Å²) in [6.45, 7) is 5.83. The second-order valence-corrected chi connectivity index (χ2v) is 9.58. The molecule has 3 heterocycles. The molecule has 0 unspecified atom stereocenters. The second kappa shape index (κ2) is 9.72. The number of allylic oxidation sites excluding steroid dienone is 1. The van der Waals surface area contributed by atoms with E-state index in [0.29, 0.717) is 47.4 Å². The van der Waals surface area contributed by atoms with Crippen LogP contribution in [0.5, 0.6) is 11.5 Å². The van der Waals surface area contributed by atoms with Gasteiger partial charge in [0, 0.05) is 18.1 Å². The number of hydrogen-bond acceptors (Lipinski definition) is 6. The fraction of sp³-hybridized carbons (Fsp3) is 0.320. The van der Waals surface area contributed by atoms with Gasteiger partial charge in [0.15, 0.2) is 16.7 Å². The van der Waals surface area contributed by atoms with E-state index in [4.69, 9.17) is 21.1 Å². The van der Waals surface area contributed by atoms with Crippen LogP contribution in [0, 0.1) is 0 Å². The molecule has 0 N–H and O–H groups in total. The molecule has 0 spiro atoms. The highest BCUT2D eigenvalue weighted by Crippen LogP contribution is 2.38. The minimum absolute atomic E-state index is 0.00739. The number of aromatic nitrogens is 2. The Bertz CT molecular complexity index is 1330. The molecular weight excluding hydrogens is 474 g/mol. The molecule has 0 bridgehead atoms. The number of rotatable bonds is 6. The van der Waals surface area contributed by atoms with Crippen LogP contribution in [0.2, 0.25) is 5.02 Å². The van der Waals surface area contributed by atoms with E-state index in [2.05, 4.69) is 11.6 Å². The fourth-order valence-electron chi connectivity index (χ4n) is 4.46. The van der Waals surface area contributed by atoms with Crippen LogP contribution in [0.4, 0.5) is 0 Å². The summed E-state index contributed by atoms with van der Waals surface area (Å²) in [7, 11) is 0. The average Bonchev–Trinajstić information content (AvgIpc) is 3.34. The molecule has 5 rings (SSSR count). The Balaban J connectivity index is 1.37. The first-order valence-corrected chi connectivity index (χ1v) is 12.5. The summed E-state index contributed by atoms with van der Waals surface area (Å²) in [5.74, 6) is 1.65. The molecule has 0 radical (unpaired) electrons. The lowest BCUT2D eigenvalue weighted by molar-refractivity contribution is -0.129. The number of thioether (sulfide) groups is 1. The van der Waals surface area contributed by atoms with Crippen molar-refractivity contribution in [3.8, 4) is 11.5 Å². The van der Waals surface area contributed by atoms with Gasteiger partial charge in [-0.2, -0.15) is 0 Å². The molecule has 1 atom stereocenters. The van der Waals surface area contributed by atoms with Gasteiger partial charge >= 0.3 is 0 Å². The minimum Gasteiger partial charge on any atom is -0.486 e. The second-order valence-electron chi connectivity index (χ2n) is 8.20. The van der Waals surface area contributed by atoms with E-state index in [1.807, 2.05) is 23.1 Å². The van der Waals surface area contributed by atoms with Crippen LogP contribution in [-0.2, 0) is 11.3 Å². The van der Waals surface area contributed by atoms with Gasteiger partial charge in [-0.3, -0.25) is 14.2 Å². The molecule has 1 saturated heterocycles. The third-order valence-corrected chi connectivity index (χ3v) is 7.24. The van der Waals surface area contributed by atoms with Gasteiger partial charge in [-0.25, -0.2) is 4.98 Å². The number of fused-ring (bicyclic) bond motifs is 2. The van der Waals surface area contributed by atoms with Gasteiger partial charge < -0.3 is 14.4 Å². The van der Waals surface area contributed by atoms with Gasteiger partial charge in [0.25, 0.3) is 5.56 Å². The number of amides is 1. The van der Waals surface area contributed by atoms with Crippen LogP contribution < -0.4 is 15.0 Å². The SMILES string of the molecule is C=CCn1c(SCC(=O)N2CCC[C@@H]2c2ccc3c(c2)OCCO3)nc2cc(Cl)ccc2c1=O. The standard InChI is InChI=1S/C25H24ClN3O4S/c1-2-9-29-24(31)18-7-6-17(26)14-19(18)27-25(29)34-15-23(30)28-10-3-4-20(28)16-5-8-21-22(13-16)33-12-11-32-21/h2,5-8,13-14,20H,1,3-4,9-12,15H2/t20-/m1/s1. The molecule has 1 fully saturated rings. The Morgan fingerprint density at radius 2 is 2.03 bits per heavy atom. The van der Waals surface area contributed by atoms with Crippen molar-refractivity contribution in [2.45, 2.75) is 30.6 Å². The summed E-state index contributed by atoms with van der Waals surface area (Å²) >= 11 is 7.37. The van der Waals surface area contributed by atoms with Gasteiger partial charge in [-0.05, 0) is 48.7 Å². The third-order valence-electron chi connectivity index (χ3n) is 6.04. The lowest BCUT2D eigenvalue weighted by Gasteiger charge is -2.26. The highest BCUT2D eigenvalue weighted by atomic mass is 35.5. The van der Waals surface area contributed by atoms with Gasteiger partial charge in [-0.1, -0.05) is 35.5 Å². The first-order valence-electron chi connectivity index (χ1n) is 11.2. The van der Waals surface area contributed by atoms with E-state index >= 15 is 0 Å². The largest absolute Gasteiger partial charge is 0.486 e. The van der Waals surface area contributed by atoms with Crippen molar-refractivity contribution in [1.29, 1.82) is 0 Å². The molecule has 2 aromatic carbocycles. The zero-order valence-electron chi connectivity index (χ0n) is 18.5. The van der Waals surface area contributed by atoms with Gasteiger partial charge in [-0.15, -0.1) is 6.58 Å². The summed E-state index contributed by atoms with van der Waals surface area (Å²) in [4.78, 5) is 32.8. The van der Waals surface area contributed by atoms with E-state index in [1.54, 1.807) is 28.8 Å². The Hall–Kier alpha value is -2.97. The molecule has 9 heteroatoms. The number of carbonyl (C=O) groups is 1. The van der Waals surface area contributed by atoms with Crippen LogP contribution in [0.3, 0.4) is 0 Å². The van der Waals surface area contributed by atoms with Crippen LogP contribution in [0.1, 0.15) is 24.4 Å². The zero-order chi connectivity index (χ0) is 23.7. The number of likely N-dealkylation sites (tertiary alicyclic amines) is 1. The highest BCUT2D eigenvalue weighted by Gasteiger charge is 2.31. The normalized spacial score (nSPS) is 17.2. The number of benzene rings is 2. The number of carbonyl (C=O) groups excluding carboxylic acids is 1. The lowest BCUT2D eigenvalue weighted by Crippen LogP contribution is -2.32. The minimum atomic E-state index is -0.174. The zero-order valence-corrected chi connectivity index (χ0v) is 20.1. The van der Waals surface area contributed by atoms with Crippen molar-refractivity contribution in [3.63, 3.8) is 0 Å². The summed E-state index contributed by atoms with van der Waals surface area (Å²) in [5.41, 5.74) is 1.39. The third kappa shape index (κ3) is 4.40. The van der Waals surface area contributed by atoms with E-state index in [9.17, 15) is 9.59 Å². The summed E-state index contributed by atoms with van der Waals surface area (Å²) in [5, 5.41) is 1.47.